The van der Waals surface area contributed by atoms with Gasteiger partial charge in [0.25, 0.3) is 0 Å². The number of hydrogen-bond acceptors (Lipinski definition) is 3. The maximum Gasteiger partial charge on any atom is 0.182 e. The fourth-order valence-electron chi connectivity index (χ4n) is 1.96. The van der Waals surface area contributed by atoms with Crippen molar-refractivity contribution in [3.63, 3.8) is 0 Å². The Bertz CT molecular complexity index is 520. The van der Waals surface area contributed by atoms with E-state index < -0.39 is 5.79 Å². The van der Waals surface area contributed by atoms with Crippen LogP contribution in [0.2, 0.25) is 0 Å². The maximum absolute atomic E-state index is 5.72. The third kappa shape index (κ3) is 4.17. The summed E-state index contributed by atoms with van der Waals surface area (Å²) in [4.78, 5) is 5.27. The Labute approximate surface area is 120 Å². The fraction of sp³-hybridized carbons (Fsp3) is 0.294. The molecule has 20 heavy (non-hydrogen) atoms. The third-order valence-corrected chi connectivity index (χ3v) is 3.00. The van der Waals surface area contributed by atoms with Crippen molar-refractivity contribution < 1.29 is 9.57 Å². The molecule has 0 aliphatic carbocycles. The van der Waals surface area contributed by atoms with Crippen LogP contribution in [-0.4, -0.2) is 12.8 Å². The Balaban J connectivity index is 1.99. The summed E-state index contributed by atoms with van der Waals surface area (Å²) < 4.78 is 5.72. The molecule has 0 fully saturated rings. The van der Waals surface area contributed by atoms with E-state index in [0.717, 1.165) is 5.56 Å². The average molecular weight is 271 g/mol. The number of ether oxygens (including phenoxy) is 1. The van der Waals surface area contributed by atoms with Crippen molar-refractivity contribution in [2.75, 3.05) is 7.05 Å². The Morgan fingerprint density at radius 2 is 1.50 bits per heavy atom. The molecule has 2 aromatic carbocycles. The molecule has 0 amide bonds. The number of hydrogen-bond donors (Lipinski definition) is 1. The highest BCUT2D eigenvalue weighted by Crippen LogP contribution is 2.20. The predicted octanol–water partition coefficient (Wildman–Crippen LogP) is 3.76. The van der Waals surface area contributed by atoms with Gasteiger partial charge in [-0.15, -0.1) is 0 Å². The van der Waals surface area contributed by atoms with Crippen molar-refractivity contribution in [3.8, 4) is 11.1 Å². The van der Waals surface area contributed by atoms with E-state index in [0.29, 0.717) is 6.61 Å². The Kier molecular flexibility index (Phi) is 4.90. The maximum atomic E-state index is 5.72. The summed E-state index contributed by atoms with van der Waals surface area (Å²) in [6, 6.07) is 18.7. The van der Waals surface area contributed by atoms with Gasteiger partial charge in [0.15, 0.2) is 5.79 Å². The van der Waals surface area contributed by atoms with Crippen LogP contribution in [0.25, 0.3) is 11.1 Å². The van der Waals surface area contributed by atoms with Gasteiger partial charge in [0.05, 0.1) is 6.61 Å². The molecule has 3 heteroatoms. The van der Waals surface area contributed by atoms with Crippen LogP contribution in [0.4, 0.5) is 0 Å². The van der Waals surface area contributed by atoms with Crippen molar-refractivity contribution in [3.05, 3.63) is 60.2 Å². The lowest BCUT2D eigenvalue weighted by atomic mass is 10.0. The second-order valence-corrected chi connectivity index (χ2v) is 5.06. The minimum Gasteiger partial charge on any atom is -0.344 e. The van der Waals surface area contributed by atoms with Gasteiger partial charge in [-0.3, -0.25) is 4.84 Å². The molecule has 0 atom stereocenters. The van der Waals surface area contributed by atoms with E-state index in [9.17, 15) is 0 Å². The first-order chi connectivity index (χ1) is 9.61. The third-order valence-electron chi connectivity index (χ3n) is 3.00. The topological polar surface area (TPSA) is 30.5 Å². The van der Waals surface area contributed by atoms with Gasteiger partial charge in [0, 0.05) is 7.05 Å². The number of hydroxylamine groups is 1. The first kappa shape index (κ1) is 14.7. The van der Waals surface area contributed by atoms with E-state index in [2.05, 4.69) is 41.9 Å². The summed E-state index contributed by atoms with van der Waals surface area (Å²) in [6.07, 6.45) is 0. The molecular formula is C17H21NO2. The summed E-state index contributed by atoms with van der Waals surface area (Å²) in [6.45, 7) is 4.27. The molecule has 0 spiro atoms. The van der Waals surface area contributed by atoms with Gasteiger partial charge in [0.1, 0.15) is 0 Å². The molecule has 106 valence electrons. The van der Waals surface area contributed by atoms with Crippen LogP contribution in [0.15, 0.2) is 54.6 Å². The normalized spacial score (nSPS) is 11.6. The minimum atomic E-state index is -0.646. The average Bonchev–Trinajstić information content (AvgIpc) is 2.47. The van der Waals surface area contributed by atoms with Crippen LogP contribution in [0.1, 0.15) is 19.4 Å². The molecule has 2 aromatic rings. The second kappa shape index (κ2) is 6.66. The zero-order chi connectivity index (χ0) is 14.4. The summed E-state index contributed by atoms with van der Waals surface area (Å²) in [5, 5.41) is 0. The van der Waals surface area contributed by atoms with E-state index in [1.54, 1.807) is 7.05 Å². The molecular weight excluding hydrogens is 250 g/mol. The Morgan fingerprint density at radius 3 is 2.10 bits per heavy atom. The smallest absolute Gasteiger partial charge is 0.182 e. The Morgan fingerprint density at radius 1 is 0.900 bits per heavy atom. The van der Waals surface area contributed by atoms with E-state index in [-0.39, 0.29) is 0 Å². The summed E-state index contributed by atoms with van der Waals surface area (Å²) in [7, 11) is 1.72. The van der Waals surface area contributed by atoms with Gasteiger partial charge in [-0.1, -0.05) is 54.6 Å². The quantitative estimate of drug-likeness (QED) is 0.641. The first-order valence-corrected chi connectivity index (χ1v) is 6.74. The zero-order valence-corrected chi connectivity index (χ0v) is 12.2. The highest BCUT2D eigenvalue weighted by atomic mass is 16.8. The van der Waals surface area contributed by atoms with E-state index in [1.807, 2.05) is 32.0 Å². The van der Waals surface area contributed by atoms with Crippen molar-refractivity contribution in [1.82, 2.24) is 5.48 Å². The molecule has 0 unspecified atom stereocenters. The molecule has 0 aliphatic heterocycles. The van der Waals surface area contributed by atoms with Gasteiger partial charge >= 0.3 is 0 Å². The summed E-state index contributed by atoms with van der Waals surface area (Å²) in [5.41, 5.74) is 6.20. The molecule has 0 saturated heterocycles. The van der Waals surface area contributed by atoms with Crippen LogP contribution in [0.3, 0.4) is 0 Å². The van der Waals surface area contributed by atoms with Crippen molar-refractivity contribution in [1.29, 1.82) is 0 Å². The highest BCUT2D eigenvalue weighted by Gasteiger charge is 2.18. The summed E-state index contributed by atoms with van der Waals surface area (Å²) in [5.74, 6) is -0.646. The van der Waals surface area contributed by atoms with E-state index >= 15 is 0 Å². The number of benzene rings is 2. The van der Waals surface area contributed by atoms with Crippen molar-refractivity contribution in [2.24, 2.45) is 0 Å². The van der Waals surface area contributed by atoms with Crippen LogP contribution in [0.5, 0.6) is 0 Å². The van der Waals surface area contributed by atoms with E-state index in [4.69, 9.17) is 9.57 Å². The Hall–Kier alpha value is -1.68. The minimum absolute atomic E-state index is 0.518. The molecule has 2 rings (SSSR count). The van der Waals surface area contributed by atoms with Gasteiger partial charge < -0.3 is 4.74 Å². The van der Waals surface area contributed by atoms with E-state index in [1.165, 1.54) is 11.1 Å². The lowest BCUT2D eigenvalue weighted by Crippen LogP contribution is -2.33. The molecule has 0 heterocycles. The van der Waals surface area contributed by atoms with Gasteiger partial charge in [-0.2, -0.15) is 0 Å². The van der Waals surface area contributed by atoms with Crippen LogP contribution in [0, 0.1) is 0 Å². The molecule has 1 N–H and O–H groups in total. The van der Waals surface area contributed by atoms with Gasteiger partial charge in [-0.05, 0) is 30.5 Å². The number of nitrogens with one attached hydrogen (secondary N) is 1. The lowest BCUT2D eigenvalue weighted by Gasteiger charge is -2.24. The highest BCUT2D eigenvalue weighted by molar-refractivity contribution is 5.63. The molecule has 0 aromatic heterocycles. The number of rotatable bonds is 6. The second-order valence-electron chi connectivity index (χ2n) is 5.06. The monoisotopic (exact) mass is 271 g/mol. The molecule has 0 saturated carbocycles. The first-order valence-electron chi connectivity index (χ1n) is 6.74. The molecule has 0 aliphatic rings. The molecule has 0 bridgehead atoms. The van der Waals surface area contributed by atoms with Gasteiger partial charge in [0.2, 0.25) is 0 Å². The zero-order valence-electron chi connectivity index (χ0n) is 12.2. The summed E-state index contributed by atoms with van der Waals surface area (Å²) >= 11 is 0. The van der Waals surface area contributed by atoms with Crippen LogP contribution in [-0.2, 0) is 16.2 Å². The largest absolute Gasteiger partial charge is 0.344 e. The standard InChI is InChI=1S/C17H21NO2/c1-17(2,20-18-3)19-13-14-9-11-16(12-10-14)15-7-5-4-6-8-15/h4-12,18H,13H2,1-3H3. The van der Waals surface area contributed by atoms with Crippen molar-refractivity contribution in [2.45, 2.75) is 26.2 Å². The van der Waals surface area contributed by atoms with Gasteiger partial charge in [-0.25, -0.2) is 5.48 Å². The van der Waals surface area contributed by atoms with Crippen LogP contribution >= 0.6 is 0 Å². The van der Waals surface area contributed by atoms with Crippen molar-refractivity contribution >= 4 is 0 Å². The predicted molar refractivity (Wildman–Crippen MR) is 80.9 cm³/mol. The molecule has 0 radical (unpaired) electrons. The SMILES string of the molecule is CNOC(C)(C)OCc1ccc(-c2ccccc2)cc1. The fourth-order valence-corrected chi connectivity index (χ4v) is 1.96. The van der Waals surface area contributed by atoms with Crippen LogP contribution < -0.4 is 5.48 Å². The molecule has 3 nitrogen and oxygen atoms in total. The lowest BCUT2D eigenvalue weighted by molar-refractivity contribution is -0.247.